The number of carbonyl (C=O) groups is 2. The third-order valence-corrected chi connectivity index (χ3v) is 4.95. The Balaban J connectivity index is 3.45. The molecule has 1 unspecified atom stereocenters. The van der Waals surface area contributed by atoms with E-state index in [1.54, 1.807) is 10.8 Å². The van der Waals surface area contributed by atoms with E-state index in [4.69, 9.17) is 9.47 Å². The smallest absolute Gasteiger partial charge is 0.246 e. The Morgan fingerprint density at radius 2 is 1.76 bits per heavy atom. The van der Waals surface area contributed by atoms with Crippen LogP contribution in [0.5, 0.6) is 0 Å². The van der Waals surface area contributed by atoms with E-state index in [0.717, 1.165) is 0 Å². The summed E-state index contributed by atoms with van der Waals surface area (Å²) in [6.07, 6.45) is 0. The molecule has 0 fully saturated rings. The van der Waals surface area contributed by atoms with Crippen LogP contribution in [0.4, 0.5) is 0 Å². The van der Waals surface area contributed by atoms with E-state index in [1.165, 1.54) is 10.8 Å². The average molecular weight is 391 g/mol. The molecule has 1 atom stereocenters. The van der Waals surface area contributed by atoms with Crippen molar-refractivity contribution in [2.24, 2.45) is 11.8 Å². The maximum atomic E-state index is 11.5. The molecule has 0 aromatic rings. The molecule has 0 aliphatic carbocycles. The Hall–Kier alpha value is -0.880. The first kappa shape index (κ1) is 24.1. The molecule has 2 amide bonds. The fourth-order valence-corrected chi connectivity index (χ4v) is 3.08. The quantitative estimate of drug-likeness (QED) is 0.230. The van der Waals surface area contributed by atoms with Gasteiger partial charge in [-0.15, -0.1) is 0 Å². The van der Waals surface area contributed by atoms with Gasteiger partial charge in [-0.25, -0.2) is 0 Å². The summed E-state index contributed by atoms with van der Waals surface area (Å²) < 4.78 is 10.6. The zero-order valence-corrected chi connectivity index (χ0v) is 17.4. The number of ether oxygens (including phenoxy) is 2. The summed E-state index contributed by atoms with van der Waals surface area (Å²) >= 11 is 0. The van der Waals surface area contributed by atoms with Gasteiger partial charge in [0.15, 0.2) is 0 Å². The summed E-state index contributed by atoms with van der Waals surface area (Å²) in [5.41, 5.74) is 0. The highest BCUT2D eigenvalue weighted by atomic mass is 33.1. The normalized spacial score (nSPS) is 11.8. The van der Waals surface area contributed by atoms with Crippen LogP contribution in [-0.4, -0.2) is 49.5 Å². The van der Waals surface area contributed by atoms with E-state index in [1.807, 2.05) is 34.6 Å². The van der Waals surface area contributed by atoms with Crippen LogP contribution in [0.2, 0.25) is 0 Å². The van der Waals surface area contributed by atoms with Crippen LogP contribution in [0.3, 0.4) is 0 Å². The predicted molar refractivity (Wildman–Crippen MR) is 105 cm³/mol. The highest BCUT2D eigenvalue weighted by Gasteiger charge is 2.10. The van der Waals surface area contributed by atoms with Crippen LogP contribution in [0.15, 0.2) is 0 Å². The molecule has 0 aliphatic heterocycles. The molecule has 0 aromatic carbocycles. The third-order valence-electron chi connectivity index (χ3n) is 2.58. The maximum Gasteiger partial charge on any atom is 0.246 e. The van der Waals surface area contributed by atoms with Crippen LogP contribution in [-0.2, 0) is 19.1 Å². The zero-order chi connectivity index (χ0) is 19.1. The Morgan fingerprint density at radius 3 is 2.40 bits per heavy atom. The van der Waals surface area contributed by atoms with Crippen molar-refractivity contribution in [2.45, 2.75) is 40.0 Å². The Labute approximate surface area is 159 Å². The minimum atomic E-state index is -0.183. The van der Waals surface area contributed by atoms with Crippen molar-refractivity contribution < 1.29 is 19.1 Å². The summed E-state index contributed by atoms with van der Waals surface area (Å²) in [5.74, 6) is 6.48. The number of nitrogens with one attached hydrogen (secondary N) is 2. The van der Waals surface area contributed by atoms with Crippen LogP contribution < -0.4 is 10.6 Å². The number of hydrogen-bond acceptors (Lipinski definition) is 6. The second-order valence-electron chi connectivity index (χ2n) is 5.85. The van der Waals surface area contributed by atoms with Gasteiger partial charge in [0, 0.05) is 11.8 Å². The summed E-state index contributed by atoms with van der Waals surface area (Å²) in [7, 11) is 3.07. The van der Waals surface area contributed by atoms with E-state index >= 15 is 0 Å². The minimum Gasteiger partial charge on any atom is -0.369 e. The zero-order valence-electron chi connectivity index (χ0n) is 15.7. The SMILES string of the molecule is CC(C)C#CCNC(=O)COCCOCSSC(C)NC(=O)C(C)C. The molecule has 2 N–H and O–H groups in total. The van der Waals surface area contributed by atoms with Gasteiger partial charge in [-0.1, -0.05) is 61.1 Å². The highest BCUT2D eigenvalue weighted by molar-refractivity contribution is 8.76. The first-order chi connectivity index (χ1) is 11.8. The van der Waals surface area contributed by atoms with E-state index in [-0.39, 0.29) is 29.7 Å². The molecule has 0 radical (unpaired) electrons. The Kier molecular flexibility index (Phi) is 14.8. The van der Waals surface area contributed by atoms with Crippen molar-refractivity contribution in [1.82, 2.24) is 10.6 Å². The average Bonchev–Trinajstić information content (AvgIpc) is 2.53. The van der Waals surface area contributed by atoms with Gasteiger partial charge < -0.3 is 20.1 Å². The lowest BCUT2D eigenvalue weighted by Gasteiger charge is -2.14. The molecular formula is C17H30N2O4S2. The first-order valence-corrected chi connectivity index (χ1v) is 10.7. The number of hydrogen-bond donors (Lipinski definition) is 2. The van der Waals surface area contributed by atoms with E-state index in [0.29, 0.717) is 31.6 Å². The van der Waals surface area contributed by atoms with Gasteiger partial charge in [-0.3, -0.25) is 9.59 Å². The largest absolute Gasteiger partial charge is 0.369 e. The molecule has 25 heavy (non-hydrogen) atoms. The van der Waals surface area contributed by atoms with Gasteiger partial charge in [-0.05, 0) is 6.92 Å². The topological polar surface area (TPSA) is 76.7 Å². The Morgan fingerprint density at radius 1 is 1.08 bits per heavy atom. The van der Waals surface area contributed by atoms with Crippen molar-refractivity contribution in [3.63, 3.8) is 0 Å². The highest BCUT2D eigenvalue weighted by Crippen LogP contribution is 2.25. The molecule has 0 saturated carbocycles. The fraction of sp³-hybridized carbons (Fsp3) is 0.765. The Bertz CT molecular complexity index is 448. The lowest BCUT2D eigenvalue weighted by Crippen LogP contribution is -2.33. The van der Waals surface area contributed by atoms with Crippen molar-refractivity contribution in [3.05, 3.63) is 0 Å². The number of carbonyl (C=O) groups excluding carboxylic acids is 2. The standard InChI is InChI=1S/C17H30N2O4S2/c1-13(2)7-6-8-18-16(20)11-22-9-10-23-12-24-25-15(5)19-17(21)14(3)4/h13-15H,8-12H2,1-5H3,(H,18,20)(H,19,21). The van der Waals surface area contributed by atoms with Gasteiger partial charge in [0.1, 0.15) is 12.5 Å². The van der Waals surface area contributed by atoms with Crippen molar-refractivity contribution in [1.29, 1.82) is 0 Å². The molecule has 0 aromatic heterocycles. The molecule has 8 heteroatoms. The van der Waals surface area contributed by atoms with E-state index < -0.39 is 0 Å². The molecule has 0 spiro atoms. The molecule has 0 saturated heterocycles. The second-order valence-corrected chi connectivity index (χ2v) is 8.51. The van der Waals surface area contributed by atoms with Gasteiger partial charge in [0.05, 0.1) is 25.1 Å². The maximum absolute atomic E-state index is 11.5. The lowest BCUT2D eigenvalue weighted by atomic mass is 10.2. The molecule has 6 nitrogen and oxygen atoms in total. The van der Waals surface area contributed by atoms with Gasteiger partial charge in [-0.2, -0.15) is 0 Å². The van der Waals surface area contributed by atoms with E-state index in [9.17, 15) is 9.59 Å². The van der Waals surface area contributed by atoms with E-state index in [2.05, 4.69) is 22.5 Å². The molecule has 144 valence electrons. The lowest BCUT2D eigenvalue weighted by molar-refractivity contribution is -0.126. The second kappa shape index (κ2) is 15.4. The molecule has 0 heterocycles. The van der Waals surface area contributed by atoms with Crippen LogP contribution in [0.25, 0.3) is 0 Å². The van der Waals surface area contributed by atoms with Crippen molar-refractivity contribution in [3.8, 4) is 11.8 Å². The third kappa shape index (κ3) is 16.3. The van der Waals surface area contributed by atoms with Gasteiger partial charge in [0.2, 0.25) is 11.8 Å². The molecule has 0 aliphatic rings. The van der Waals surface area contributed by atoms with Gasteiger partial charge >= 0.3 is 0 Å². The fourth-order valence-electron chi connectivity index (χ4n) is 1.35. The summed E-state index contributed by atoms with van der Waals surface area (Å²) in [6.45, 7) is 10.8. The summed E-state index contributed by atoms with van der Waals surface area (Å²) in [4.78, 5) is 23.0. The van der Waals surface area contributed by atoms with Crippen LogP contribution in [0.1, 0.15) is 34.6 Å². The molecular weight excluding hydrogens is 360 g/mol. The summed E-state index contributed by atoms with van der Waals surface area (Å²) in [5, 5.41) is 5.59. The van der Waals surface area contributed by atoms with Crippen LogP contribution in [0, 0.1) is 23.7 Å². The van der Waals surface area contributed by atoms with Gasteiger partial charge in [0.25, 0.3) is 0 Å². The van der Waals surface area contributed by atoms with Crippen molar-refractivity contribution >= 4 is 33.4 Å². The predicted octanol–water partition coefficient (Wildman–Crippen LogP) is 2.25. The molecule has 0 bridgehead atoms. The van der Waals surface area contributed by atoms with Crippen LogP contribution >= 0.6 is 21.6 Å². The summed E-state index contributed by atoms with van der Waals surface area (Å²) in [6, 6.07) is 0. The first-order valence-electron chi connectivity index (χ1n) is 8.32. The number of rotatable bonds is 12. The monoisotopic (exact) mass is 390 g/mol. The minimum absolute atomic E-state index is 0.00682. The molecule has 0 rings (SSSR count). The van der Waals surface area contributed by atoms with Crippen molar-refractivity contribution in [2.75, 3.05) is 32.3 Å². The number of amides is 2.